The molecule has 5 nitrogen and oxygen atoms in total. The summed E-state index contributed by atoms with van der Waals surface area (Å²) in [5.41, 5.74) is -0.577. The van der Waals surface area contributed by atoms with Crippen molar-refractivity contribution in [1.82, 2.24) is 4.72 Å². The quantitative estimate of drug-likeness (QED) is 0.825. The molecule has 0 aromatic heterocycles. The Morgan fingerprint density at radius 2 is 2.00 bits per heavy atom. The first-order valence-electron chi connectivity index (χ1n) is 6.08. The van der Waals surface area contributed by atoms with E-state index < -0.39 is 15.6 Å². The van der Waals surface area contributed by atoms with Crippen molar-refractivity contribution in [3.63, 3.8) is 0 Å². The first kappa shape index (κ1) is 15.6. The normalized spacial score (nSPS) is 12.1. The van der Waals surface area contributed by atoms with Crippen molar-refractivity contribution in [2.75, 3.05) is 6.61 Å². The van der Waals surface area contributed by atoms with Gasteiger partial charge in [-0.05, 0) is 31.0 Å². The van der Waals surface area contributed by atoms with E-state index in [0.717, 1.165) is 0 Å². The van der Waals surface area contributed by atoms with Gasteiger partial charge in [0.15, 0.2) is 0 Å². The van der Waals surface area contributed by atoms with E-state index in [4.69, 9.17) is 5.26 Å². The molecule has 1 aromatic rings. The zero-order valence-corrected chi connectivity index (χ0v) is 11.9. The van der Waals surface area contributed by atoms with Crippen LogP contribution in [0.3, 0.4) is 0 Å². The number of nitrogens with one attached hydrogen (secondary N) is 1. The number of aliphatic hydroxyl groups is 1. The predicted molar refractivity (Wildman–Crippen MR) is 71.9 cm³/mol. The summed E-state index contributed by atoms with van der Waals surface area (Å²) in [6, 6.07) is 7.70. The number of nitrogens with zero attached hydrogens (tertiary/aromatic N) is 1. The van der Waals surface area contributed by atoms with E-state index in [1.54, 1.807) is 0 Å². The molecule has 0 bridgehead atoms. The van der Waals surface area contributed by atoms with E-state index in [-0.39, 0.29) is 17.1 Å². The van der Waals surface area contributed by atoms with Crippen LogP contribution in [0.2, 0.25) is 0 Å². The van der Waals surface area contributed by atoms with Crippen LogP contribution < -0.4 is 4.72 Å². The highest BCUT2D eigenvalue weighted by Gasteiger charge is 2.31. The summed E-state index contributed by atoms with van der Waals surface area (Å²) < 4.78 is 27.1. The molecular weight excluding hydrogens is 264 g/mol. The Labute approximate surface area is 113 Å². The number of hydrogen-bond acceptors (Lipinski definition) is 4. The lowest BCUT2D eigenvalue weighted by molar-refractivity contribution is 0.172. The fourth-order valence-electron chi connectivity index (χ4n) is 1.73. The number of nitriles is 1. The maximum atomic E-state index is 12.3. The van der Waals surface area contributed by atoms with Gasteiger partial charge in [-0.2, -0.15) is 5.26 Å². The van der Waals surface area contributed by atoms with Gasteiger partial charge in [0.05, 0.1) is 28.7 Å². The Kier molecular flexibility index (Phi) is 5.06. The number of rotatable bonds is 6. The summed E-state index contributed by atoms with van der Waals surface area (Å²) in [5.74, 6) is 0. The summed E-state index contributed by atoms with van der Waals surface area (Å²) in [4.78, 5) is 0.0336. The smallest absolute Gasteiger partial charge is 0.241 e. The second-order valence-electron chi connectivity index (χ2n) is 4.39. The molecular formula is C13H18N2O3S. The SMILES string of the molecule is CCC(CC)(CO)NS(=O)(=O)c1cccc(C#N)c1. The summed E-state index contributed by atoms with van der Waals surface area (Å²) in [6.45, 7) is 3.36. The summed E-state index contributed by atoms with van der Waals surface area (Å²) in [6.07, 6.45) is 0.967. The molecule has 0 heterocycles. The van der Waals surface area contributed by atoms with Gasteiger partial charge in [-0.1, -0.05) is 19.9 Å². The van der Waals surface area contributed by atoms with Crippen molar-refractivity contribution in [3.05, 3.63) is 29.8 Å². The van der Waals surface area contributed by atoms with E-state index in [2.05, 4.69) is 4.72 Å². The molecule has 0 radical (unpaired) electrons. The molecule has 0 unspecified atom stereocenters. The lowest BCUT2D eigenvalue weighted by atomic mass is 9.96. The minimum Gasteiger partial charge on any atom is -0.394 e. The predicted octanol–water partition coefficient (Wildman–Crippen LogP) is 1.39. The highest BCUT2D eigenvalue weighted by Crippen LogP contribution is 2.19. The van der Waals surface area contributed by atoms with Gasteiger partial charge in [0.2, 0.25) is 10.0 Å². The minimum absolute atomic E-state index is 0.0336. The third kappa shape index (κ3) is 3.53. The summed E-state index contributed by atoms with van der Waals surface area (Å²) in [7, 11) is -3.75. The molecule has 1 aromatic carbocycles. The van der Waals surface area contributed by atoms with Crippen LogP contribution in [0, 0.1) is 11.3 Å². The van der Waals surface area contributed by atoms with E-state index in [1.807, 2.05) is 19.9 Å². The molecule has 1 rings (SSSR count). The number of hydrogen-bond donors (Lipinski definition) is 2. The molecule has 19 heavy (non-hydrogen) atoms. The number of benzene rings is 1. The van der Waals surface area contributed by atoms with Gasteiger partial charge in [-0.25, -0.2) is 13.1 Å². The van der Waals surface area contributed by atoms with E-state index in [1.165, 1.54) is 24.3 Å². The molecule has 0 fully saturated rings. The molecule has 0 aliphatic heterocycles. The Morgan fingerprint density at radius 3 is 2.47 bits per heavy atom. The third-order valence-corrected chi connectivity index (χ3v) is 4.86. The van der Waals surface area contributed by atoms with Crippen molar-refractivity contribution in [2.24, 2.45) is 0 Å². The van der Waals surface area contributed by atoms with Crippen LogP contribution in [0.5, 0.6) is 0 Å². The molecule has 0 amide bonds. The second kappa shape index (κ2) is 6.15. The Bertz CT molecular complexity index is 564. The second-order valence-corrected chi connectivity index (χ2v) is 6.07. The van der Waals surface area contributed by atoms with Crippen molar-refractivity contribution in [2.45, 2.75) is 37.1 Å². The first-order chi connectivity index (χ1) is 8.93. The molecule has 104 valence electrons. The molecule has 0 spiro atoms. The molecule has 0 saturated heterocycles. The minimum atomic E-state index is -3.75. The maximum Gasteiger partial charge on any atom is 0.241 e. The van der Waals surface area contributed by atoms with Crippen molar-refractivity contribution >= 4 is 10.0 Å². The molecule has 0 aliphatic rings. The molecule has 0 atom stereocenters. The average Bonchev–Trinajstić information content (AvgIpc) is 2.45. The monoisotopic (exact) mass is 282 g/mol. The van der Waals surface area contributed by atoms with Crippen LogP contribution in [0.4, 0.5) is 0 Å². The van der Waals surface area contributed by atoms with Gasteiger partial charge < -0.3 is 5.11 Å². The fourth-order valence-corrected chi connectivity index (χ4v) is 3.31. The van der Waals surface area contributed by atoms with Crippen LogP contribution in [-0.2, 0) is 10.0 Å². The summed E-state index contributed by atoms with van der Waals surface area (Å²) >= 11 is 0. The number of sulfonamides is 1. The van der Waals surface area contributed by atoms with Crippen molar-refractivity contribution in [1.29, 1.82) is 5.26 Å². The Hall–Kier alpha value is -1.42. The third-order valence-electron chi connectivity index (χ3n) is 3.28. The number of aliphatic hydroxyl groups excluding tert-OH is 1. The maximum absolute atomic E-state index is 12.3. The van der Waals surface area contributed by atoms with Crippen molar-refractivity contribution < 1.29 is 13.5 Å². The Balaban J connectivity index is 3.14. The topological polar surface area (TPSA) is 90.2 Å². The fraction of sp³-hybridized carbons (Fsp3) is 0.462. The highest BCUT2D eigenvalue weighted by atomic mass is 32.2. The van der Waals surface area contributed by atoms with Gasteiger partial charge in [0.25, 0.3) is 0 Å². The summed E-state index contributed by atoms with van der Waals surface area (Å²) in [5, 5.41) is 18.2. The van der Waals surface area contributed by atoms with E-state index in [9.17, 15) is 13.5 Å². The van der Waals surface area contributed by atoms with Crippen LogP contribution in [0.15, 0.2) is 29.2 Å². The van der Waals surface area contributed by atoms with Crippen LogP contribution in [-0.4, -0.2) is 25.7 Å². The largest absolute Gasteiger partial charge is 0.394 e. The van der Waals surface area contributed by atoms with Gasteiger partial charge in [-0.3, -0.25) is 0 Å². The van der Waals surface area contributed by atoms with Gasteiger partial charge in [-0.15, -0.1) is 0 Å². The van der Waals surface area contributed by atoms with Gasteiger partial charge in [0, 0.05) is 0 Å². The Morgan fingerprint density at radius 1 is 1.37 bits per heavy atom. The zero-order chi connectivity index (χ0) is 14.5. The average molecular weight is 282 g/mol. The molecule has 0 aliphatic carbocycles. The zero-order valence-electron chi connectivity index (χ0n) is 11.0. The van der Waals surface area contributed by atoms with Crippen LogP contribution >= 0.6 is 0 Å². The van der Waals surface area contributed by atoms with E-state index >= 15 is 0 Å². The van der Waals surface area contributed by atoms with Gasteiger partial charge >= 0.3 is 0 Å². The standard InChI is InChI=1S/C13H18N2O3S/c1-3-13(4-2,10-16)15-19(17,18)12-7-5-6-11(8-12)9-14/h5-8,15-16H,3-4,10H2,1-2H3. The van der Waals surface area contributed by atoms with Crippen LogP contribution in [0.1, 0.15) is 32.3 Å². The van der Waals surface area contributed by atoms with Crippen molar-refractivity contribution in [3.8, 4) is 6.07 Å². The van der Waals surface area contributed by atoms with E-state index in [0.29, 0.717) is 12.8 Å². The van der Waals surface area contributed by atoms with Crippen LogP contribution in [0.25, 0.3) is 0 Å². The van der Waals surface area contributed by atoms with Gasteiger partial charge in [0.1, 0.15) is 0 Å². The molecule has 0 saturated carbocycles. The lowest BCUT2D eigenvalue weighted by Gasteiger charge is -2.30. The highest BCUT2D eigenvalue weighted by molar-refractivity contribution is 7.89. The lowest BCUT2D eigenvalue weighted by Crippen LogP contribution is -2.50. The molecule has 6 heteroatoms. The first-order valence-corrected chi connectivity index (χ1v) is 7.56. The molecule has 2 N–H and O–H groups in total.